The smallest absolute Gasteiger partial charge is 0.219 e. The number of nitrogens with two attached hydrogens (primary N) is 1. The van der Waals surface area contributed by atoms with E-state index in [4.69, 9.17) is 5.73 Å². The number of halogens is 1. The molecule has 0 aromatic heterocycles. The number of nitrogens with zero attached hydrogens (tertiary/aromatic N) is 2. The van der Waals surface area contributed by atoms with Crippen LogP contribution in [0, 0.1) is 0 Å². The molecule has 0 saturated carbocycles. The summed E-state index contributed by atoms with van der Waals surface area (Å²) in [7, 11) is 0. The van der Waals surface area contributed by atoms with Crippen molar-refractivity contribution >= 4 is 27.5 Å². The second kappa shape index (κ2) is 6.59. The quantitative estimate of drug-likeness (QED) is 0.900. The van der Waals surface area contributed by atoms with Crippen LogP contribution in [0.4, 0.5) is 5.69 Å². The molecule has 1 fully saturated rings. The molecule has 0 bridgehead atoms. The molecule has 1 amide bonds. The van der Waals surface area contributed by atoms with Gasteiger partial charge in [-0.25, -0.2) is 0 Å². The summed E-state index contributed by atoms with van der Waals surface area (Å²) in [6, 6.07) is 6.35. The Balaban J connectivity index is 2.12. The van der Waals surface area contributed by atoms with E-state index in [1.165, 1.54) is 5.69 Å². The Morgan fingerprint density at radius 1 is 1.30 bits per heavy atom. The number of hydrogen-bond acceptors (Lipinski definition) is 3. The predicted octanol–water partition coefficient (Wildman–Crippen LogP) is 2.53. The van der Waals surface area contributed by atoms with Gasteiger partial charge in [-0.15, -0.1) is 0 Å². The fraction of sp³-hybridized carbons (Fsp3) is 0.533. The Bertz CT molecular complexity index is 490. The first-order valence-electron chi connectivity index (χ1n) is 7.04. The molecule has 20 heavy (non-hydrogen) atoms. The molecule has 2 N–H and O–H groups in total. The van der Waals surface area contributed by atoms with E-state index in [2.05, 4.69) is 39.0 Å². The van der Waals surface area contributed by atoms with Gasteiger partial charge in [0.05, 0.1) is 0 Å². The van der Waals surface area contributed by atoms with Crippen molar-refractivity contribution in [1.82, 2.24) is 4.90 Å². The van der Waals surface area contributed by atoms with Crippen molar-refractivity contribution in [3.63, 3.8) is 0 Å². The summed E-state index contributed by atoms with van der Waals surface area (Å²) in [6.45, 7) is 7.13. The summed E-state index contributed by atoms with van der Waals surface area (Å²) >= 11 is 3.60. The van der Waals surface area contributed by atoms with Crippen LogP contribution in [-0.2, 0) is 4.79 Å². The van der Waals surface area contributed by atoms with Gasteiger partial charge in [-0.05, 0) is 31.0 Å². The molecule has 1 aliphatic heterocycles. The highest BCUT2D eigenvalue weighted by molar-refractivity contribution is 9.10. The summed E-state index contributed by atoms with van der Waals surface area (Å²) in [5.74, 6) is 0.167. The molecule has 2 rings (SSSR count). The summed E-state index contributed by atoms with van der Waals surface area (Å²) in [5, 5.41) is 0. The van der Waals surface area contributed by atoms with E-state index in [-0.39, 0.29) is 11.9 Å². The van der Waals surface area contributed by atoms with Crippen LogP contribution in [0.2, 0.25) is 0 Å². The van der Waals surface area contributed by atoms with Crippen LogP contribution in [0.3, 0.4) is 0 Å². The lowest BCUT2D eigenvalue weighted by molar-refractivity contribution is -0.128. The molecule has 1 atom stereocenters. The Hall–Kier alpha value is -1.07. The molecule has 1 heterocycles. The van der Waals surface area contributed by atoms with Gasteiger partial charge in [0.2, 0.25) is 5.91 Å². The third kappa shape index (κ3) is 3.52. The lowest BCUT2D eigenvalue weighted by Gasteiger charge is -2.24. The third-order valence-corrected chi connectivity index (χ3v) is 4.47. The van der Waals surface area contributed by atoms with Crippen molar-refractivity contribution in [3.05, 3.63) is 28.2 Å². The van der Waals surface area contributed by atoms with Crippen LogP contribution in [0.25, 0.3) is 0 Å². The monoisotopic (exact) mass is 339 g/mol. The molecular formula is C15H22BrN3O. The van der Waals surface area contributed by atoms with E-state index >= 15 is 0 Å². The van der Waals surface area contributed by atoms with Crippen molar-refractivity contribution in [3.8, 4) is 0 Å². The van der Waals surface area contributed by atoms with Crippen molar-refractivity contribution in [1.29, 1.82) is 0 Å². The zero-order valence-electron chi connectivity index (χ0n) is 12.1. The zero-order chi connectivity index (χ0) is 14.7. The van der Waals surface area contributed by atoms with Gasteiger partial charge in [-0.2, -0.15) is 0 Å². The Labute approximate surface area is 129 Å². The number of rotatable bonds is 2. The van der Waals surface area contributed by atoms with Crippen molar-refractivity contribution in [2.45, 2.75) is 26.3 Å². The van der Waals surface area contributed by atoms with Crippen molar-refractivity contribution in [2.24, 2.45) is 5.73 Å². The van der Waals surface area contributed by atoms with E-state index in [1.54, 1.807) is 6.92 Å². The van der Waals surface area contributed by atoms with Crippen LogP contribution in [-0.4, -0.2) is 37.0 Å². The van der Waals surface area contributed by atoms with Crippen LogP contribution in [0.5, 0.6) is 0 Å². The van der Waals surface area contributed by atoms with Crippen LogP contribution < -0.4 is 10.6 Å². The minimum absolute atomic E-state index is 0.0239. The van der Waals surface area contributed by atoms with Gasteiger partial charge >= 0.3 is 0 Å². The standard InChI is InChI=1S/C15H22BrN3O/c1-11(17)14-5-4-13(10-15(14)16)19-7-3-6-18(8-9-19)12(2)20/h4-5,10-11H,3,6-9,17H2,1-2H3. The van der Waals surface area contributed by atoms with Crippen LogP contribution in [0.15, 0.2) is 22.7 Å². The molecule has 0 spiro atoms. The topological polar surface area (TPSA) is 49.6 Å². The average Bonchev–Trinajstić information content (AvgIpc) is 2.63. The molecule has 0 radical (unpaired) electrons. The molecule has 1 aliphatic rings. The van der Waals surface area contributed by atoms with Crippen LogP contribution in [0.1, 0.15) is 31.9 Å². The van der Waals surface area contributed by atoms with Gasteiger partial charge in [0, 0.05) is 49.3 Å². The minimum atomic E-state index is 0.0239. The lowest BCUT2D eigenvalue weighted by Crippen LogP contribution is -2.33. The first kappa shape index (κ1) is 15.3. The number of anilines is 1. The maximum atomic E-state index is 11.5. The molecule has 0 aliphatic carbocycles. The normalized spacial score (nSPS) is 17.8. The van der Waals surface area contributed by atoms with E-state index in [0.29, 0.717) is 0 Å². The SMILES string of the molecule is CC(=O)N1CCCN(c2ccc(C(C)N)c(Br)c2)CC1. The number of carbonyl (C=O) groups is 1. The van der Waals surface area contributed by atoms with E-state index in [0.717, 1.165) is 42.6 Å². The largest absolute Gasteiger partial charge is 0.370 e. The number of hydrogen-bond donors (Lipinski definition) is 1. The molecule has 1 aromatic rings. The zero-order valence-corrected chi connectivity index (χ0v) is 13.7. The molecule has 4 nitrogen and oxygen atoms in total. The highest BCUT2D eigenvalue weighted by Gasteiger charge is 2.17. The molecule has 110 valence electrons. The molecule has 1 unspecified atom stereocenters. The van der Waals surface area contributed by atoms with Gasteiger partial charge in [0.15, 0.2) is 0 Å². The number of benzene rings is 1. The first-order valence-corrected chi connectivity index (χ1v) is 7.84. The summed E-state index contributed by atoms with van der Waals surface area (Å²) < 4.78 is 1.05. The second-order valence-corrected chi connectivity index (χ2v) is 6.20. The third-order valence-electron chi connectivity index (χ3n) is 3.78. The lowest BCUT2D eigenvalue weighted by atomic mass is 10.1. The van der Waals surface area contributed by atoms with Crippen LogP contribution >= 0.6 is 15.9 Å². The molecule has 1 aromatic carbocycles. The minimum Gasteiger partial charge on any atom is -0.370 e. The fourth-order valence-electron chi connectivity index (χ4n) is 2.57. The Morgan fingerprint density at radius 2 is 2.05 bits per heavy atom. The van der Waals surface area contributed by atoms with Crippen molar-refractivity contribution < 1.29 is 4.79 Å². The summed E-state index contributed by atoms with van der Waals surface area (Å²) in [4.78, 5) is 15.7. The highest BCUT2D eigenvalue weighted by Crippen LogP contribution is 2.28. The Morgan fingerprint density at radius 3 is 2.65 bits per heavy atom. The fourth-order valence-corrected chi connectivity index (χ4v) is 3.30. The Kier molecular flexibility index (Phi) is 5.05. The predicted molar refractivity (Wildman–Crippen MR) is 85.8 cm³/mol. The number of amides is 1. The maximum Gasteiger partial charge on any atom is 0.219 e. The summed E-state index contributed by atoms with van der Waals surface area (Å²) in [5.41, 5.74) is 8.24. The maximum absolute atomic E-state index is 11.5. The van der Waals surface area contributed by atoms with Gasteiger partial charge in [0.1, 0.15) is 0 Å². The van der Waals surface area contributed by atoms with E-state index in [9.17, 15) is 4.79 Å². The van der Waals surface area contributed by atoms with Gasteiger partial charge < -0.3 is 15.5 Å². The van der Waals surface area contributed by atoms with Crippen molar-refractivity contribution in [2.75, 3.05) is 31.1 Å². The number of carbonyl (C=O) groups excluding carboxylic acids is 1. The average molecular weight is 340 g/mol. The van der Waals surface area contributed by atoms with Gasteiger partial charge in [0.25, 0.3) is 0 Å². The van der Waals surface area contributed by atoms with Gasteiger partial charge in [-0.3, -0.25) is 4.79 Å². The van der Waals surface area contributed by atoms with E-state index < -0.39 is 0 Å². The highest BCUT2D eigenvalue weighted by atomic mass is 79.9. The first-order chi connectivity index (χ1) is 9.49. The molecule has 5 heteroatoms. The summed E-state index contributed by atoms with van der Waals surface area (Å²) in [6.07, 6.45) is 1.01. The molecular weight excluding hydrogens is 318 g/mol. The van der Waals surface area contributed by atoms with Gasteiger partial charge in [-0.1, -0.05) is 22.0 Å². The van der Waals surface area contributed by atoms with E-state index in [1.807, 2.05) is 11.8 Å². The second-order valence-electron chi connectivity index (χ2n) is 5.34. The molecule has 1 saturated heterocycles.